The van der Waals surface area contributed by atoms with Gasteiger partial charge >= 0.3 is 6.09 Å². The largest absolute Gasteiger partial charge is 0.446 e. The summed E-state index contributed by atoms with van der Waals surface area (Å²) in [6.07, 6.45) is 25.6. The molecule has 0 saturated heterocycles. The highest BCUT2D eigenvalue weighted by Gasteiger charge is 2.47. The molecule has 0 heterocycles. The zero-order valence-electron chi connectivity index (χ0n) is 21.0. The second-order valence-electron chi connectivity index (χ2n) is 11.2. The molecule has 0 aromatic heterocycles. The Morgan fingerprint density at radius 3 is 2.84 bits per heavy atom. The maximum absolute atomic E-state index is 12.0. The third-order valence-electron chi connectivity index (χ3n) is 9.15. The van der Waals surface area contributed by atoms with Gasteiger partial charge in [-0.1, -0.05) is 89.7 Å². The first kappa shape index (κ1) is 25.2. The molecule has 0 spiro atoms. The normalized spacial score (nSPS) is 35.1. The molecule has 0 bridgehead atoms. The van der Waals surface area contributed by atoms with Crippen LogP contribution in [0.4, 0.5) is 4.79 Å². The third-order valence-corrected chi connectivity index (χ3v) is 9.15. The number of terminal acetylenes is 1. The van der Waals surface area contributed by atoms with Gasteiger partial charge in [-0.3, -0.25) is 0 Å². The fourth-order valence-corrected chi connectivity index (χ4v) is 7.08. The molecule has 2 fully saturated rings. The van der Waals surface area contributed by atoms with Crippen LogP contribution in [0.5, 0.6) is 0 Å². The van der Waals surface area contributed by atoms with Crippen LogP contribution in [-0.4, -0.2) is 18.7 Å². The number of ether oxygens (including phenoxy) is 1. The molecule has 6 atom stereocenters. The van der Waals surface area contributed by atoms with Gasteiger partial charge < -0.3 is 10.1 Å². The van der Waals surface area contributed by atoms with Crippen LogP contribution in [0.3, 0.4) is 0 Å². The quantitative estimate of drug-likeness (QED) is 0.250. The van der Waals surface area contributed by atoms with Crippen molar-refractivity contribution in [2.75, 3.05) is 6.54 Å². The van der Waals surface area contributed by atoms with Crippen molar-refractivity contribution in [1.82, 2.24) is 5.32 Å². The van der Waals surface area contributed by atoms with Gasteiger partial charge in [0, 0.05) is 6.42 Å². The predicted molar refractivity (Wildman–Crippen MR) is 133 cm³/mol. The Labute approximate surface area is 197 Å². The summed E-state index contributed by atoms with van der Waals surface area (Å²) in [6, 6.07) is 0. The summed E-state index contributed by atoms with van der Waals surface area (Å²) in [6.45, 7) is 7.59. The number of hydrogen-bond acceptors (Lipinski definition) is 2. The summed E-state index contributed by atoms with van der Waals surface area (Å²) in [5.74, 6) is 5.85. The topological polar surface area (TPSA) is 38.3 Å². The van der Waals surface area contributed by atoms with Crippen molar-refractivity contribution in [3.05, 3.63) is 11.6 Å². The number of amides is 1. The summed E-state index contributed by atoms with van der Waals surface area (Å²) in [5.41, 5.74) is 1.85. The maximum atomic E-state index is 12.0. The highest BCUT2D eigenvalue weighted by atomic mass is 16.6. The van der Waals surface area contributed by atoms with Gasteiger partial charge in [0.05, 0.1) is 6.54 Å². The summed E-state index contributed by atoms with van der Waals surface area (Å²) in [5, 5.41) is 2.64. The van der Waals surface area contributed by atoms with E-state index in [1.54, 1.807) is 5.57 Å². The van der Waals surface area contributed by atoms with Crippen molar-refractivity contribution < 1.29 is 9.53 Å². The van der Waals surface area contributed by atoms with Crippen LogP contribution < -0.4 is 5.32 Å². The van der Waals surface area contributed by atoms with Gasteiger partial charge in [-0.25, -0.2) is 4.79 Å². The highest BCUT2D eigenvalue weighted by molar-refractivity contribution is 5.67. The van der Waals surface area contributed by atoms with E-state index in [9.17, 15) is 4.79 Å². The minimum absolute atomic E-state index is 0.00796. The van der Waals surface area contributed by atoms with Gasteiger partial charge in [0.25, 0.3) is 0 Å². The summed E-state index contributed by atoms with van der Waals surface area (Å²) < 4.78 is 5.69. The molecular weight excluding hydrogens is 394 g/mol. The molecule has 3 heteroatoms. The number of unbranched alkanes of at least 4 members (excludes halogenated alkanes) is 3. The fraction of sp³-hybridized carbons (Fsp3) is 0.828. The number of rotatable bonds is 7. The standard InChI is InChI=1S/C29H47NO2/c1-5-7-8-9-11-23-12-10-13-24-15-16-25-21-26(32-28(31)30-20-6-2)18-19-29(25,4)27(24)17-14-22(23)3/h2,16,22-24,26-27H,5,7-15,17-21H2,1,3-4H3,(H,30,31)/t22-,23-,24?,26?,27?,29?/m0/s1. The molecule has 1 N–H and O–H groups in total. The average molecular weight is 442 g/mol. The molecule has 4 unspecified atom stereocenters. The van der Waals surface area contributed by atoms with Crippen LogP contribution in [0.15, 0.2) is 11.6 Å². The van der Waals surface area contributed by atoms with Gasteiger partial charge in [-0.05, 0) is 61.2 Å². The molecule has 32 heavy (non-hydrogen) atoms. The second kappa shape index (κ2) is 12.2. The number of allylic oxidation sites excluding steroid dienone is 1. The Morgan fingerprint density at radius 1 is 1.22 bits per heavy atom. The molecule has 0 aromatic rings. The Bertz CT molecular complexity index is 677. The minimum atomic E-state index is -0.368. The minimum Gasteiger partial charge on any atom is -0.446 e. The highest BCUT2D eigenvalue weighted by Crippen LogP contribution is 2.56. The molecule has 180 valence electrons. The fourth-order valence-electron chi connectivity index (χ4n) is 7.08. The van der Waals surface area contributed by atoms with E-state index in [1.807, 2.05) is 0 Å². The molecule has 3 aliphatic carbocycles. The molecule has 3 nitrogen and oxygen atoms in total. The lowest BCUT2D eigenvalue weighted by atomic mass is 9.55. The smallest absolute Gasteiger partial charge is 0.408 e. The van der Waals surface area contributed by atoms with E-state index >= 15 is 0 Å². The van der Waals surface area contributed by atoms with Crippen molar-refractivity contribution in [2.45, 2.75) is 117 Å². The van der Waals surface area contributed by atoms with Gasteiger partial charge in [0.15, 0.2) is 0 Å². The zero-order valence-corrected chi connectivity index (χ0v) is 21.0. The second-order valence-corrected chi connectivity index (χ2v) is 11.2. The molecule has 3 aliphatic rings. The lowest BCUT2D eigenvalue weighted by molar-refractivity contribution is 0.0292. The molecule has 1 amide bonds. The van der Waals surface area contributed by atoms with E-state index in [1.165, 1.54) is 70.6 Å². The summed E-state index contributed by atoms with van der Waals surface area (Å²) in [7, 11) is 0. The predicted octanol–water partition coefficient (Wildman–Crippen LogP) is 7.65. The van der Waals surface area contributed by atoms with E-state index in [2.05, 4.69) is 38.1 Å². The number of hydrogen-bond donors (Lipinski definition) is 1. The SMILES string of the molecule is C#CCNC(=O)OC1CCC2(C)C(=CCC3CCC[C@H](CCCCCC)[C@@H](C)CCC32)C1. The number of nitrogens with one attached hydrogen (secondary N) is 1. The summed E-state index contributed by atoms with van der Waals surface area (Å²) >= 11 is 0. The van der Waals surface area contributed by atoms with Crippen LogP contribution in [0.2, 0.25) is 0 Å². The molecule has 0 radical (unpaired) electrons. The van der Waals surface area contributed by atoms with E-state index in [4.69, 9.17) is 11.2 Å². The Kier molecular flexibility index (Phi) is 9.57. The molecule has 3 rings (SSSR count). The monoisotopic (exact) mass is 441 g/mol. The van der Waals surface area contributed by atoms with Crippen LogP contribution in [0, 0.1) is 41.4 Å². The van der Waals surface area contributed by atoms with E-state index in [0.29, 0.717) is 5.41 Å². The van der Waals surface area contributed by atoms with Crippen LogP contribution in [-0.2, 0) is 4.74 Å². The van der Waals surface area contributed by atoms with Crippen LogP contribution >= 0.6 is 0 Å². The van der Waals surface area contributed by atoms with Crippen LogP contribution in [0.25, 0.3) is 0 Å². The van der Waals surface area contributed by atoms with Crippen molar-refractivity contribution in [2.24, 2.45) is 29.1 Å². The van der Waals surface area contributed by atoms with Crippen LogP contribution in [0.1, 0.15) is 111 Å². The first-order valence-electron chi connectivity index (χ1n) is 13.5. The van der Waals surface area contributed by atoms with E-state index in [-0.39, 0.29) is 18.7 Å². The van der Waals surface area contributed by atoms with Crippen molar-refractivity contribution in [3.63, 3.8) is 0 Å². The Hall–Kier alpha value is -1.43. The maximum Gasteiger partial charge on any atom is 0.408 e. The Balaban J connectivity index is 1.60. The zero-order chi connectivity index (χ0) is 23.0. The average Bonchev–Trinajstić information content (AvgIpc) is 2.85. The van der Waals surface area contributed by atoms with Gasteiger partial charge in [-0.2, -0.15) is 0 Å². The lowest BCUT2D eigenvalue weighted by Gasteiger charge is -2.51. The van der Waals surface area contributed by atoms with E-state index in [0.717, 1.165) is 42.9 Å². The molecule has 2 saturated carbocycles. The lowest BCUT2D eigenvalue weighted by Crippen LogP contribution is -2.43. The van der Waals surface area contributed by atoms with Gasteiger partial charge in [0.2, 0.25) is 0 Å². The van der Waals surface area contributed by atoms with Crippen molar-refractivity contribution in [3.8, 4) is 12.3 Å². The number of carbonyl (C=O) groups excluding carboxylic acids is 1. The third kappa shape index (κ3) is 6.33. The first-order valence-corrected chi connectivity index (χ1v) is 13.5. The van der Waals surface area contributed by atoms with Crippen molar-refractivity contribution >= 4 is 6.09 Å². The summed E-state index contributed by atoms with van der Waals surface area (Å²) in [4.78, 5) is 12.0. The number of fused-ring (bicyclic) bond motifs is 3. The molecule has 0 aromatic carbocycles. The van der Waals surface area contributed by atoms with E-state index < -0.39 is 0 Å². The first-order chi connectivity index (χ1) is 15.5. The number of carbonyl (C=O) groups is 1. The number of alkyl carbamates (subject to hydrolysis) is 1. The molecular formula is C29H47NO2. The van der Waals surface area contributed by atoms with Gasteiger partial charge in [-0.15, -0.1) is 6.42 Å². The van der Waals surface area contributed by atoms with Crippen molar-refractivity contribution in [1.29, 1.82) is 0 Å². The molecule has 0 aliphatic heterocycles. The Morgan fingerprint density at radius 2 is 2.06 bits per heavy atom. The van der Waals surface area contributed by atoms with Gasteiger partial charge in [0.1, 0.15) is 6.10 Å².